The van der Waals surface area contributed by atoms with Crippen molar-refractivity contribution in [3.05, 3.63) is 60.2 Å². The summed E-state index contributed by atoms with van der Waals surface area (Å²) < 4.78 is 15.6. The lowest BCUT2D eigenvalue weighted by atomic mass is 9.96. The van der Waals surface area contributed by atoms with E-state index in [1.54, 1.807) is 17.0 Å². The molecule has 3 aromatic rings. The number of halogens is 1. The number of aromatic nitrogens is 2. The molecule has 5 rings (SSSR count). The summed E-state index contributed by atoms with van der Waals surface area (Å²) in [5, 5.41) is 0. The fourth-order valence-corrected chi connectivity index (χ4v) is 4.97. The lowest BCUT2D eigenvalue weighted by molar-refractivity contribution is -0.140. The van der Waals surface area contributed by atoms with Gasteiger partial charge in [-0.15, -0.1) is 0 Å². The quantitative estimate of drug-likeness (QED) is 0.562. The van der Waals surface area contributed by atoms with E-state index in [9.17, 15) is 14.0 Å². The number of carbonyl (C=O) groups excluding carboxylic acids is 2. The number of nitrogens with zero attached hydrogens (tertiary/aromatic N) is 5. The lowest BCUT2D eigenvalue weighted by Gasteiger charge is -2.38. The number of hydrogen-bond acceptors (Lipinski definition) is 4. The highest BCUT2D eigenvalue weighted by Gasteiger charge is 2.31. The van der Waals surface area contributed by atoms with E-state index in [-0.39, 0.29) is 17.6 Å². The Balaban J connectivity index is 1.34. The van der Waals surface area contributed by atoms with Crippen LogP contribution in [0, 0.1) is 11.7 Å². The number of hydrogen-bond donors (Lipinski definition) is 0. The van der Waals surface area contributed by atoms with Gasteiger partial charge in [0.25, 0.3) is 0 Å². The monoisotopic (exact) mass is 449 g/mol. The molecule has 0 unspecified atom stereocenters. The number of fused-ring (bicyclic) bond motifs is 1. The van der Waals surface area contributed by atoms with Crippen LogP contribution in [0.5, 0.6) is 0 Å². The molecule has 0 N–H and O–H groups in total. The molecule has 1 atom stereocenters. The van der Waals surface area contributed by atoms with E-state index >= 15 is 0 Å². The first-order valence-electron chi connectivity index (χ1n) is 11.5. The SMILES string of the molecule is O=CN1CCN(C(=O)[C@H]2CCCN(Cc3nc4ccccc4n3-c3ccc(F)cc3)C2)CC1. The molecule has 2 aliphatic heterocycles. The summed E-state index contributed by atoms with van der Waals surface area (Å²) in [7, 11) is 0. The molecule has 0 bridgehead atoms. The van der Waals surface area contributed by atoms with Gasteiger partial charge in [0.2, 0.25) is 12.3 Å². The molecule has 2 fully saturated rings. The number of piperidine rings is 1. The minimum absolute atomic E-state index is 0.0369. The summed E-state index contributed by atoms with van der Waals surface area (Å²) >= 11 is 0. The molecule has 0 radical (unpaired) electrons. The molecule has 0 spiro atoms. The molecule has 8 heteroatoms. The van der Waals surface area contributed by atoms with Gasteiger partial charge in [-0.1, -0.05) is 12.1 Å². The molecule has 2 amide bonds. The summed E-state index contributed by atoms with van der Waals surface area (Å²) in [5.74, 6) is 0.772. The smallest absolute Gasteiger partial charge is 0.227 e. The summed E-state index contributed by atoms with van der Waals surface area (Å²) in [6.45, 7) is 4.65. The first kappa shape index (κ1) is 21.6. The number of para-hydroxylation sites is 2. The van der Waals surface area contributed by atoms with Gasteiger partial charge < -0.3 is 9.80 Å². The van der Waals surface area contributed by atoms with Crippen LogP contribution in [0.1, 0.15) is 18.7 Å². The number of rotatable bonds is 5. The second kappa shape index (κ2) is 9.31. The standard InChI is InChI=1S/C25H28FN5O2/c26-20-7-9-21(10-8-20)31-23-6-2-1-5-22(23)27-24(31)17-29-11-3-4-19(16-29)25(33)30-14-12-28(18-32)13-15-30/h1-2,5-10,18-19H,3-4,11-17H2/t19-/m0/s1. The van der Waals surface area contributed by atoms with Gasteiger partial charge >= 0.3 is 0 Å². The summed E-state index contributed by atoms with van der Waals surface area (Å²) in [6.07, 6.45) is 2.70. The minimum Gasteiger partial charge on any atom is -0.342 e. The normalized spacial score (nSPS) is 19.7. The highest BCUT2D eigenvalue weighted by atomic mass is 19.1. The third kappa shape index (κ3) is 4.48. The van der Waals surface area contributed by atoms with Gasteiger partial charge in [-0.05, 0) is 55.8 Å². The molecular weight excluding hydrogens is 421 g/mol. The average molecular weight is 450 g/mol. The maximum Gasteiger partial charge on any atom is 0.227 e. The van der Waals surface area contributed by atoms with E-state index in [4.69, 9.17) is 4.98 Å². The molecule has 0 aliphatic carbocycles. The lowest BCUT2D eigenvalue weighted by Crippen LogP contribution is -2.52. The van der Waals surface area contributed by atoms with Crippen LogP contribution in [-0.2, 0) is 16.1 Å². The van der Waals surface area contributed by atoms with Crippen LogP contribution in [0.4, 0.5) is 4.39 Å². The van der Waals surface area contributed by atoms with Crippen molar-refractivity contribution in [2.45, 2.75) is 19.4 Å². The highest BCUT2D eigenvalue weighted by molar-refractivity contribution is 5.80. The predicted octanol–water partition coefficient (Wildman–Crippen LogP) is 2.68. The van der Waals surface area contributed by atoms with Crippen LogP contribution in [0.3, 0.4) is 0 Å². The number of likely N-dealkylation sites (tertiary alicyclic amines) is 1. The Hall–Kier alpha value is -3.26. The molecule has 2 saturated heterocycles. The van der Waals surface area contributed by atoms with Gasteiger partial charge in [0.15, 0.2) is 0 Å². The van der Waals surface area contributed by atoms with Crippen LogP contribution < -0.4 is 0 Å². The molecule has 33 heavy (non-hydrogen) atoms. The van der Waals surface area contributed by atoms with Crippen LogP contribution in [-0.4, -0.2) is 75.8 Å². The van der Waals surface area contributed by atoms with Gasteiger partial charge in [-0.25, -0.2) is 9.37 Å². The maximum absolute atomic E-state index is 13.5. The van der Waals surface area contributed by atoms with E-state index in [2.05, 4.69) is 9.47 Å². The van der Waals surface area contributed by atoms with E-state index < -0.39 is 0 Å². The van der Waals surface area contributed by atoms with Crippen molar-refractivity contribution >= 4 is 23.4 Å². The molecule has 172 valence electrons. The van der Waals surface area contributed by atoms with E-state index in [1.165, 1.54) is 12.1 Å². The van der Waals surface area contributed by atoms with Crippen LogP contribution >= 0.6 is 0 Å². The molecular formula is C25H28FN5O2. The van der Waals surface area contributed by atoms with Crippen molar-refractivity contribution in [1.82, 2.24) is 24.3 Å². The summed E-state index contributed by atoms with van der Waals surface area (Å²) in [5.41, 5.74) is 2.75. The summed E-state index contributed by atoms with van der Waals surface area (Å²) in [6, 6.07) is 14.4. The van der Waals surface area contributed by atoms with Crippen molar-refractivity contribution in [2.24, 2.45) is 5.92 Å². The van der Waals surface area contributed by atoms with Gasteiger partial charge in [-0.2, -0.15) is 0 Å². The van der Waals surface area contributed by atoms with Crippen LogP contribution in [0.15, 0.2) is 48.5 Å². The minimum atomic E-state index is -0.268. The third-order valence-corrected chi connectivity index (χ3v) is 6.71. The van der Waals surface area contributed by atoms with Crippen molar-refractivity contribution in [1.29, 1.82) is 0 Å². The highest BCUT2D eigenvalue weighted by Crippen LogP contribution is 2.25. The Kier molecular flexibility index (Phi) is 6.09. The zero-order valence-corrected chi connectivity index (χ0v) is 18.6. The largest absolute Gasteiger partial charge is 0.342 e. The maximum atomic E-state index is 13.5. The second-order valence-corrected chi connectivity index (χ2v) is 8.87. The number of imidazole rings is 1. The van der Waals surface area contributed by atoms with Crippen LogP contribution in [0.2, 0.25) is 0 Å². The molecule has 7 nitrogen and oxygen atoms in total. The first-order chi connectivity index (χ1) is 16.1. The Morgan fingerprint density at radius 1 is 1.03 bits per heavy atom. The zero-order valence-electron chi connectivity index (χ0n) is 18.6. The molecule has 2 aromatic carbocycles. The van der Waals surface area contributed by atoms with Gasteiger partial charge in [0, 0.05) is 38.4 Å². The van der Waals surface area contributed by atoms with Gasteiger partial charge in [0.05, 0.1) is 23.5 Å². The fourth-order valence-electron chi connectivity index (χ4n) is 4.97. The second-order valence-electron chi connectivity index (χ2n) is 8.87. The van der Waals surface area contributed by atoms with Crippen molar-refractivity contribution in [3.63, 3.8) is 0 Å². The predicted molar refractivity (Wildman–Crippen MR) is 123 cm³/mol. The number of benzene rings is 2. The zero-order chi connectivity index (χ0) is 22.8. The van der Waals surface area contributed by atoms with Crippen molar-refractivity contribution < 1.29 is 14.0 Å². The fraction of sp³-hybridized carbons (Fsp3) is 0.400. The Morgan fingerprint density at radius 3 is 2.55 bits per heavy atom. The van der Waals surface area contributed by atoms with Gasteiger partial charge in [0.1, 0.15) is 11.6 Å². The van der Waals surface area contributed by atoms with Crippen LogP contribution in [0.25, 0.3) is 16.7 Å². The van der Waals surface area contributed by atoms with Gasteiger partial charge in [-0.3, -0.25) is 19.1 Å². The third-order valence-electron chi connectivity index (χ3n) is 6.71. The molecule has 3 heterocycles. The molecule has 2 aliphatic rings. The Morgan fingerprint density at radius 2 is 1.79 bits per heavy atom. The van der Waals surface area contributed by atoms with Crippen molar-refractivity contribution in [3.8, 4) is 5.69 Å². The first-order valence-corrected chi connectivity index (χ1v) is 11.5. The Bertz CT molecular complexity index is 1140. The summed E-state index contributed by atoms with van der Waals surface area (Å²) in [4.78, 5) is 34.9. The van der Waals surface area contributed by atoms with E-state index in [1.807, 2.05) is 29.2 Å². The topological polar surface area (TPSA) is 61.7 Å². The van der Waals surface area contributed by atoms with Crippen molar-refractivity contribution in [2.75, 3.05) is 39.3 Å². The Labute approximate surface area is 192 Å². The molecule has 0 saturated carbocycles. The average Bonchev–Trinajstić information content (AvgIpc) is 3.22. The number of piperazine rings is 1. The number of amides is 2. The molecule has 1 aromatic heterocycles. The van der Waals surface area contributed by atoms with E-state index in [0.717, 1.165) is 48.3 Å². The number of carbonyl (C=O) groups is 2. The van der Waals surface area contributed by atoms with E-state index in [0.29, 0.717) is 39.3 Å².